The molecule has 1 amide bonds. The predicted molar refractivity (Wildman–Crippen MR) is 116 cm³/mol. The first-order valence-corrected chi connectivity index (χ1v) is 10.7. The maximum atomic E-state index is 13.2. The topological polar surface area (TPSA) is 120 Å². The van der Waals surface area contributed by atoms with Crippen molar-refractivity contribution in [2.24, 2.45) is 11.7 Å². The molecular weight excluding hydrogens is 378 g/mol. The van der Waals surface area contributed by atoms with E-state index in [2.05, 4.69) is 22.2 Å². The highest BCUT2D eigenvalue weighted by Gasteiger charge is 2.29. The number of hydrogen-bond donors (Lipinski definition) is 3. The average molecular weight is 406 g/mol. The van der Waals surface area contributed by atoms with Crippen LogP contribution in [-0.4, -0.2) is 21.9 Å². The van der Waals surface area contributed by atoms with Gasteiger partial charge in [0.15, 0.2) is 5.58 Å². The molecule has 5 N–H and O–H groups in total. The van der Waals surface area contributed by atoms with Gasteiger partial charge in [-0.25, -0.2) is 0 Å². The van der Waals surface area contributed by atoms with Crippen molar-refractivity contribution < 1.29 is 9.21 Å². The lowest BCUT2D eigenvalue weighted by atomic mass is 9.76. The Morgan fingerprint density at radius 3 is 2.80 bits per heavy atom. The maximum Gasteiger partial charge on any atom is 0.263 e. The zero-order valence-corrected chi connectivity index (χ0v) is 17.1. The van der Waals surface area contributed by atoms with Crippen molar-refractivity contribution in [2.45, 2.75) is 56.9 Å². The highest BCUT2D eigenvalue weighted by molar-refractivity contribution is 6.14. The van der Waals surface area contributed by atoms with E-state index in [1.807, 2.05) is 18.3 Å². The fraction of sp³-hybridized carbons (Fsp3) is 0.435. The number of pyridine rings is 2. The summed E-state index contributed by atoms with van der Waals surface area (Å²) in [5, 5.41) is 3.00. The molecule has 0 spiro atoms. The Kier molecular flexibility index (Phi) is 4.70. The Hall–Kier alpha value is -2.93. The minimum Gasteiger partial charge on any atom is -0.438 e. The van der Waals surface area contributed by atoms with Crippen molar-refractivity contribution in [3.05, 3.63) is 47.4 Å². The van der Waals surface area contributed by atoms with Crippen LogP contribution in [0.25, 0.3) is 11.1 Å². The summed E-state index contributed by atoms with van der Waals surface area (Å²) in [5.41, 5.74) is 16.5. The normalized spacial score (nSPS) is 24.1. The number of nitrogens with two attached hydrogens (primary N) is 2. The number of hydrogen-bond acceptors (Lipinski definition) is 6. The molecule has 0 radical (unpaired) electrons. The summed E-state index contributed by atoms with van der Waals surface area (Å²) in [5.74, 6) is 1.14. The molecule has 3 aromatic heterocycles. The molecule has 0 aliphatic heterocycles. The molecule has 7 heteroatoms. The van der Waals surface area contributed by atoms with Gasteiger partial charge in [0, 0.05) is 18.4 Å². The van der Waals surface area contributed by atoms with Gasteiger partial charge < -0.3 is 21.2 Å². The van der Waals surface area contributed by atoms with E-state index in [0.29, 0.717) is 34.5 Å². The van der Waals surface area contributed by atoms with Crippen LogP contribution in [0.5, 0.6) is 0 Å². The number of anilines is 2. The van der Waals surface area contributed by atoms with E-state index in [1.54, 1.807) is 12.4 Å². The monoisotopic (exact) mass is 405 g/mol. The largest absolute Gasteiger partial charge is 0.438 e. The molecule has 3 unspecified atom stereocenters. The number of nitrogens with one attached hydrogen (secondary N) is 1. The minimum absolute atomic E-state index is 0.0849. The smallest absolute Gasteiger partial charge is 0.263 e. The predicted octanol–water partition coefficient (Wildman–Crippen LogP) is 4.17. The van der Waals surface area contributed by atoms with Crippen LogP contribution in [0, 0.1) is 5.92 Å². The lowest BCUT2D eigenvalue weighted by Crippen LogP contribution is -2.31. The summed E-state index contributed by atoms with van der Waals surface area (Å²) in [6, 6.07) is 4.10. The fourth-order valence-corrected chi connectivity index (χ4v) is 4.83. The highest BCUT2D eigenvalue weighted by atomic mass is 16.3. The van der Waals surface area contributed by atoms with Gasteiger partial charge in [-0.1, -0.05) is 6.92 Å². The average Bonchev–Trinajstić information content (AvgIpc) is 3.49. The van der Waals surface area contributed by atoms with Gasteiger partial charge in [-0.3, -0.25) is 14.8 Å². The molecule has 2 fully saturated rings. The van der Waals surface area contributed by atoms with Gasteiger partial charge in [0.05, 0.1) is 11.9 Å². The van der Waals surface area contributed by atoms with E-state index in [0.717, 1.165) is 30.4 Å². The Labute approximate surface area is 175 Å². The zero-order valence-electron chi connectivity index (χ0n) is 17.1. The number of furan rings is 1. The molecule has 2 aliphatic carbocycles. The van der Waals surface area contributed by atoms with Crippen LogP contribution in [0.1, 0.15) is 72.3 Å². The first-order chi connectivity index (χ1) is 14.5. The molecule has 30 heavy (non-hydrogen) atoms. The summed E-state index contributed by atoms with van der Waals surface area (Å²) in [4.78, 5) is 21.9. The quantitative estimate of drug-likeness (QED) is 0.599. The third-order valence-electron chi connectivity index (χ3n) is 6.37. The van der Waals surface area contributed by atoms with Crippen molar-refractivity contribution in [1.29, 1.82) is 0 Å². The number of amides is 1. The van der Waals surface area contributed by atoms with Gasteiger partial charge in [0.25, 0.3) is 5.91 Å². The SMILES string of the molecule is CC1CC(N)CC(c2ccncc2NC(=O)c2c(N)oc3cc(C4CC4)cnc23)C1. The molecule has 7 nitrogen and oxygen atoms in total. The van der Waals surface area contributed by atoms with E-state index in [9.17, 15) is 4.79 Å². The van der Waals surface area contributed by atoms with E-state index >= 15 is 0 Å². The fourth-order valence-electron chi connectivity index (χ4n) is 4.83. The number of nitrogen functional groups attached to an aromatic ring is 1. The van der Waals surface area contributed by atoms with Crippen LogP contribution < -0.4 is 16.8 Å². The summed E-state index contributed by atoms with van der Waals surface area (Å²) in [7, 11) is 0. The van der Waals surface area contributed by atoms with E-state index in [4.69, 9.17) is 15.9 Å². The number of nitrogens with zero attached hydrogens (tertiary/aromatic N) is 2. The van der Waals surface area contributed by atoms with Crippen LogP contribution in [0.2, 0.25) is 0 Å². The molecule has 0 saturated heterocycles. The number of aromatic nitrogens is 2. The van der Waals surface area contributed by atoms with Gasteiger partial charge in [-0.05, 0) is 73.1 Å². The second-order valence-electron chi connectivity index (χ2n) is 8.92. The van der Waals surface area contributed by atoms with Crippen LogP contribution in [-0.2, 0) is 0 Å². The summed E-state index contributed by atoms with van der Waals surface area (Å²) >= 11 is 0. The summed E-state index contributed by atoms with van der Waals surface area (Å²) in [6.07, 6.45) is 10.6. The third kappa shape index (κ3) is 3.54. The molecule has 3 heterocycles. The van der Waals surface area contributed by atoms with Crippen LogP contribution in [0.15, 0.2) is 35.1 Å². The van der Waals surface area contributed by atoms with E-state index in [1.165, 1.54) is 12.8 Å². The molecule has 3 atom stereocenters. The van der Waals surface area contributed by atoms with Gasteiger partial charge in [-0.15, -0.1) is 0 Å². The Balaban J connectivity index is 1.44. The van der Waals surface area contributed by atoms with Crippen molar-refractivity contribution in [3.63, 3.8) is 0 Å². The molecule has 0 bridgehead atoms. The van der Waals surface area contributed by atoms with Gasteiger partial charge in [0.2, 0.25) is 5.88 Å². The van der Waals surface area contributed by atoms with Crippen LogP contribution in [0.4, 0.5) is 11.6 Å². The molecule has 2 saturated carbocycles. The molecule has 5 rings (SSSR count). The Bertz CT molecular complexity index is 1090. The first kappa shape index (κ1) is 19.1. The summed E-state index contributed by atoms with van der Waals surface area (Å²) < 4.78 is 5.67. The number of carbonyl (C=O) groups is 1. The Morgan fingerprint density at radius 2 is 2.03 bits per heavy atom. The number of rotatable bonds is 4. The molecule has 156 valence electrons. The van der Waals surface area contributed by atoms with Crippen LogP contribution in [0.3, 0.4) is 0 Å². The minimum atomic E-state index is -0.333. The zero-order chi connectivity index (χ0) is 20.8. The van der Waals surface area contributed by atoms with Gasteiger partial charge >= 0.3 is 0 Å². The molecular formula is C23H27N5O2. The molecule has 3 aromatic rings. The number of fused-ring (bicyclic) bond motifs is 1. The van der Waals surface area contributed by atoms with E-state index in [-0.39, 0.29) is 23.4 Å². The molecule has 0 aromatic carbocycles. The summed E-state index contributed by atoms with van der Waals surface area (Å²) in [6.45, 7) is 2.23. The van der Waals surface area contributed by atoms with Crippen molar-refractivity contribution in [1.82, 2.24) is 9.97 Å². The van der Waals surface area contributed by atoms with Crippen LogP contribution >= 0.6 is 0 Å². The highest BCUT2D eigenvalue weighted by Crippen LogP contribution is 2.42. The van der Waals surface area contributed by atoms with Gasteiger partial charge in [0.1, 0.15) is 11.1 Å². The third-order valence-corrected chi connectivity index (χ3v) is 6.37. The number of carbonyl (C=O) groups excluding carboxylic acids is 1. The second-order valence-corrected chi connectivity index (χ2v) is 8.92. The van der Waals surface area contributed by atoms with E-state index < -0.39 is 0 Å². The van der Waals surface area contributed by atoms with Crippen molar-refractivity contribution >= 4 is 28.6 Å². The molecule has 2 aliphatic rings. The lowest BCUT2D eigenvalue weighted by molar-refractivity contribution is 0.102. The first-order valence-electron chi connectivity index (χ1n) is 10.7. The second kappa shape index (κ2) is 7.40. The van der Waals surface area contributed by atoms with Gasteiger partial charge in [-0.2, -0.15) is 0 Å². The Morgan fingerprint density at radius 1 is 1.20 bits per heavy atom. The lowest BCUT2D eigenvalue weighted by Gasteiger charge is -2.32. The van der Waals surface area contributed by atoms with Crippen molar-refractivity contribution in [2.75, 3.05) is 11.1 Å². The maximum absolute atomic E-state index is 13.2. The standard InChI is InChI=1S/C23H27N5O2/c1-12-6-14(8-16(24)7-12)17-4-5-26-11-18(17)28-23(29)20-21-19(30-22(20)25)9-15(10-27-21)13-2-3-13/h4-5,9-14,16H,2-3,6-8,24-25H2,1H3,(H,28,29). The van der Waals surface area contributed by atoms with Crippen molar-refractivity contribution in [3.8, 4) is 0 Å².